The Morgan fingerprint density at radius 2 is 1.57 bits per heavy atom. The van der Waals surface area contributed by atoms with Crippen molar-refractivity contribution >= 4 is 23.6 Å². The molecule has 0 heterocycles. The summed E-state index contributed by atoms with van der Waals surface area (Å²) in [7, 11) is 0. The number of fused-ring (bicyclic) bond motifs is 1. The summed E-state index contributed by atoms with van der Waals surface area (Å²) in [4.78, 5) is 47.8. The van der Waals surface area contributed by atoms with Crippen molar-refractivity contribution in [2.24, 2.45) is 0 Å². The Hall–Kier alpha value is -3.48. The second-order valence-electron chi connectivity index (χ2n) is 7.29. The molecule has 0 atom stereocenters. The monoisotopic (exact) mass is 408 g/mol. The minimum absolute atomic E-state index is 0.0173. The highest BCUT2D eigenvalue weighted by Gasteiger charge is 2.16. The molecule has 0 saturated carbocycles. The quantitative estimate of drug-likeness (QED) is 0.416. The largest absolute Gasteiger partial charge is 0.455 e. The third-order valence-corrected chi connectivity index (χ3v) is 4.97. The van der Waals surface area contributed by atoms with Gasteiger partial charge < -0.3 is 4.74 Å². The molecule has 0 aromatic heterocycles. The Bertz CT molecular complexity index is 966. The first-order valence-electron chi connectivity index (χ1n) is 9.89. The van der Waals surface area contributed by atoms with E-state index in [0.717, 1.165) is 24.8 Å². The molecular formula is C23H24N2O5. The summed E-state index contributed by atoms with van der Waals surface area (Å²) < 4.78 is 4.86. The van der Waals surface area contributed by atoms with Gasteiger partial charge in [0.05, 0.1) is 6.42 Å². The maximum absolute atomic E-state index is 12.3. The highest BCUT2D eigenvalue weighted by molar-refractivity contribution is 5.98. The predicted molar refractivity (Wildman–Crippen MR) is 110 cm³/mol. The minimum atomic E-state index is -0.672. The Morgan fingerprint density at radius 1 is 0.867 bits per heavy atom. The van der Waals surface area contributed by atoms with E-state index < -0.39 is 24.4 Å². The molecular weight excluding hydrogens is 384 g/mol. The van der Waals surface area contributed by atoms with E-state index in [4.69, 9.17) is 4.74 Å². The molecule has 2 aromatic carbocycles. The average molecular weight is 408 g/mol. The predicted octanol–water partition coefficient (Wildman–Crippen LogP) is 2.45. The molecule has 156 valence electrons. The topological polar surface area (TPSA) is 102 Å². The Kier molecular flexibility index (Phi) is 6.95. The molecule has 1 aliphatic rings. The number of ether oxygens (including phenoxy) is 1. The number of rotatable bonds is 7. The van der Waals surface area contributed by atoms with Crippen molar-refractivity contribution in [3.05, 3.63) is 70.3 Å². The molecule has 0 aliphatic heterocycles. The molecule has 0 fully saturated rings. The fraction of sp³-hybridized carbons (Fsp3) is 0.304. The molecule has 7 nitrogen and oxygen atoms in total. The lowest BCUT2D eigenvalue weighted by molar-refractivity contribution is -0.148. The maximum Gasteiger partial charge on any atom is 0.306 e. The van der Waals surface area contributed by atoms with Crippen molar-refractivity contribution in [1.29, 1.82) is 0 Å². The van der Waals surface area contributed by atoms with E-state index in [0.29, 0.717) is 11.1 Å². The molecule has 2 N–H and O–H groups in total. The van der Waals surface area contributed by atoms with Crippen LogP contribution in [-0.2, 0) is 27.2 Å². The minimum Gasteiger partial charge on any atom is -0.455 e. The first kappa shape index (κ1) is 21.2. The Balaban J connectivity index is 1.35. The van der Waals surface area contributed by atoms with Gasteiger partial charge in [0.1, 0.15) is 0 Å². The summed E-state index contributed by atoms with van der Waals surface area (Å²) in [6.07, 6.45) is 3.03. The normalized spacial score (nSPS) is 12.0. The van der Waals surface area contributed by atoms with Crippen LogP contribution in [0.4, 0.5) is 0 Å². The van der Waals surface area contributed by atoms with Gasteiger partial charge in [0.25, 0.3) is 11.8 Å². The summed E-state index contributed by atoms with van der Waals surface area (Å²) in [6.45, 7) is 1.36. The highest BCUT2D eigenvalue weighted by atomic mass is 16.5. The second-order valence-corrected chi connectivity index (χ2v) is 7.29. The van der Waals surface area contributed by atoms with Gasteiger partial charge in [-0.2, -0.15) is 0 Å². The van der Waals surface area contributed by atoms with E-state index in [2.05, 4.69) is 10.9 Å². The van der Waals surface area contributed by atoms with Crippen LogP contribution in [0.2, 0.25) is 0 Å². The molecule has 3 rings (SSSR count). The molecule has 0 spiro atoms. The van der Waals surface area contributed by atoms with Crippen LogP contribution in [0.15, 0.2) is 42.5 Å². The first-order chi connectivity index (χ1) is 14.4. The summed E-state index contributed by atoms with van der Waals surface area (Å²) in [5.41, 5.74) is 8.92. The van der Waals surface area contributed by atoms with Gasteiger partial charge in [-0.1, -0.05) is 29.8 Å². The number of carbonyl (C=O) groups excluding carboxylic acids is 4. The molecule has 7 heteroatoms. The zero-order chi connectivity index (χ0) is 21.5. The van der Waals surface area contributed by atoms with E-state index in [9.17, 15) is 19.2 Å². The van der Waals surface area contributed by atoms with E-state index in [1.165, 1.54) is 11.1 Å². The number of aryl methyl sites for hydroxylation is 3. The van der Waals surface area contributed by atoms with Gasteiger partial charge in [-0.3, -0.25) is 30.0 Å². The average Bonchev–Trinajstić information content (AvgIpc) is 3.22. The van der Waals surface area contributed by atoms with E-state index in [-0.39, 0.29) is 18.6 Å². The Morgan fingerprint density at radius 3 is 2.33 bits per heavy atom. The number of hydrogen-bond acceptors (Lipinski definition) is 5. The van der Waals surface area contributed by atoms with Crippen LogP contribution >= 0.6 is 0 Å². The number of hydrazine groups is 1. The molecule has 0 radical (unpaired) electrons. The Labute approximate surface area is 174 Å². The van der Waals surface area contributed by atoms with Crippen molar-refractivity contribution in [2.45, 2.75) is 39.0 Å². The van der Waals surface area contributed by atoms with Gasteiger partial charge >= 0.3 is 5.97 Å². The second kappa shape index (κ2) is 9.82. The third-order valence-electron chi connectivity index (χ3n) is 4.97. The zero-order valence-corrected chi connectivity index (χ0v) is 16.8. The van der Waals surface area contributed by atoms with Gasteiger partial charge in [0, 0.05) is 17.5 Å². The first-order valence-corrected chi connectivity index (χ1v) is 9.89. The number of hydrogen-bond donors (Lipinski definition) is 2. The maximum atomic E-state index is 12.3. The van der Waals surface area contributed by atoms with Gasteiger partial charge in [-0.05, 0) is 55.5 Å². The molecule has 30 heavy (non-hydrogen) atoms. The van der Waals surface area contributed by atoms with Crippen molar-refractivity contribution in [3.63, 3.8) is 0 Å². The molecule has 0 bridgehead atoms. The number of nitrogens with one attached hydrogen (secondary N) is 2. The summed E-state index contributed by atoms with van der Waals surface area (Å²) in [5, 5.41) is 0. The van der Waals surface area contributed by atoms with Crippen molar-refractivity contribution in [3.8, 4) is 0 Å². The van der Waals surface area contributed by atoms with Gasteiger partial charge in [-0.15, -0.1) is 0 Å². The molecule has 2 amide bonds. The summed E-state index contributed by atoms with van der Waals surface area (Å²) in [6, 6.07) is 12.5. The van der Waals surface area contributed by atoms with Crippen LogP contribution in [-0.4, -0.2) is 30.2 Å². The SMILES string of the molecule is Cc1ccc(C(=O)NNC(=O)COC(=O)CCC(=O)c2ccc3c(c2)CCC3)cc1. The fourth-order valence-corrected chi connectivity index (χ4v) is 3.26. The van der Waals surface area contributed by atoms with Crippen molar-refractivity contribution in [2.75, 3.05) is 6.61 Å². The van der Waals surface area contributed by atoms with E-state index in [1.54, 1.807) is 30.3 Å². The van der Waals surface area contributed by atoms with Crippen molar-refractivity contribution in [1.82, 2.24) is 10.9 Å². The summed E-state index contributed by atoms with van der Waals surface area (Å²) in [5.74, 6) is -1.93. The smallest absolute Gasteiger partial charge is 0.306 e. The number of amides is 2. The van der Waals surface area contributed by atoms with Crippen LogP contribution in [0.25, 0.3) is 0 Å². The molecule has 1 aliphatic carbocycles. The van der Waals surface area contributed by atoms with Gasteiger partial charge in [-0.25, -0.2) is 0 Å². The number of ketones is 1. The van der Waals surface area contributed by atoms with E-state index in [1.807, 2.05) is 19.1 Å². The van der Waals surface area contributed by atoms with Crippen LogP contribution in [0.1, 0.15) is 56.7 Å². The van der Waals surface area contributed by atoms with E-state index >= 15 is 0 Å². The number of carbonyl (C=O) groups is 4. The standard InChI is InChI=1S/C23H24N2O5/c1-15-5-7-17(8-6-15)23(29)25-24-21(27)14-30-22(28)12-11-20(26)19-10-9-16-3-2-4-18(16)13-19/h5-10,13H,2-4,11-12,14H2,1H3,(H,24,27)(H,25,29). The van der Waals surface area contributed by atoms with Crippen LogP contribution in [0.3, 0.4) is 0 Å². The van der Waals surface area contributed by atoms with Crippen molar-refractivity contribution < 1.29 is 23.9 Å². The zero-order valence-electron chi connectivity index (χ0n) is 16.8. The summed E-state index contributed by atoms with van der Waals surface area (Å²) >= 11 is 0. The van der Waals surface area contributed by atoms with Gasteiger partial charge in [0.15, 0.2) is 12.4 Å². The lowest BCUT2D eigenvalue weighted by atomic mass is 10.0. The fourth-order valence-electron chi connectivity index (χ4n) is 3.26. The van der Waals surface area contributed by atoms with Crippen LogP contribution < -0.4 is 10.9 Å². The lowest BCUT2D eigenvalue weighted by Crippen LogP contribution is -2.43. The lowest BCUT2D eigenvalue weighted by Gasteiger charge is -2.08. The van der Waals surface area contributed by atoms with Crippen LogP contribution in [0.5, 0.6) is 0 Å². The third kappa shape index (κ3) is 5.76. The highest BCUT2D eigenvalue weighted by Crippen LogP contribution is 2.23. The molecule has 2 aromatic rings. The molecule has 0 unspecified atom stereocenters. The molecule has 0 saturated heterocycles. The number of Topliss-reactive ketones (excluding diaryl/α,β-unsaturated/α-hetero) is 1. The number of benzene rings is 2. The van der Waals surface area contributed by atoms with Gasteiger partial charge in [0.2, 0.25) is 0 Å². The van der Waals surface area contributed by atoms with Crippen LogP contribution in [0, 0.1) is 6.92 Å². The number of esters is 1.